The molecular formula is C16H20O2S. The van der Waals surface area contributed by atoms with E-state index in [1.54, 1.807) is 11.8 Å². The lowest BCUT2D eigenvalue weighted by atomic mass is 9.71. The Bertz CT molecular complexity index is 439. The van der Waals surface area contributed by atoms with Crippen LogP contribution in [0.4, 0.5) is 0 Å². The minimum absolute atomic E-state index is 0.0794. The third-order valence-corrected chi connectivity index (χ3v) is 5.37. The number of carbonyl (C=O) groups excluding carboxylic acids is 1. The molecule has 1 aromatic carbocycles. The number of benzene rings is 1. The van der Waals surface area contributed by atoms with Crippen molar-refractivity contribution in [3.05, 3.63) is 30.3 Å². The van der Waals surface area contributed by atoms with Gasteiger partial charge in [-0.05, 0) is 44.2 Å². The first-order valence-corrected chi connectivity index (χ1v) is 8.11. The average molecular weight is 276 g/mol. The normalized spacial score (nSPS) is 24.9. The molecule has 2 aliphatic rings. The van der Waals surface area contributed by atoms with E-state index in [-0.39, 0.29) is 11.5 Å². The van der Waals surface area contributed by atoms with Crippen LogP contribution in [0.1, 0.15) is 32.1 Å². The molecule has 0 amide bonds. The van der Waals surface area contributed by atoms with Crippen LogP contribution in [0.25, 0.3) is 0 Å². The van der Waals surface area contributed by atoms with Crippen LogP contribution >= 0.6 is 11.8 Å². The second kappa shape index (κ2) is 5.68. The molecule has 2 fully saturated rings. The zero-order valence-electron chi connectivity index (χ0n) is 11.1. The van der Waals surface area contributed by atoms with Crippen LogP contribution < -0.4 is 0 Å². The zero-order chi connectivity index (χ0) is 13.1. The van der Waals surface area contributed by atoms with E-state index in [9.17, 15) is 4.79 Å². The maximum atomic E-state index is 12.3. The number of Topliss-reactive ketones (excluding diaryl/α,β-unsaturated/α-hetero) is 1. The summed E-state index contributed by atoms with van der Waals surface area (Å²) in [6.07, 6.45) is 5.45. The molecule has 0 bridgehead atoms. The molecule has 1 aromatic rings. The van der Waals surface area contributed by atoms with Crippen LogP contribution in [0.2, 0.25) is 0 Å². The summed E-state index contributed by atoms with van der Waals surface area (Å²) in [6.45, 7) is 0.770. The van der Waals surface area contributed by atoms with Crippen molar-refractivity contribution in [3.8, 4) is 0 Å². The van der Waals surface area contributed by atoms with Crippen molar-refractivity contribution in [1.82, 2.24) is 0 Å². The van der Waals surface area contributed by atoms with Crippen molar-refractivity contribution in [2.75, 3.05) is 12.4 Å². The number of rotatable bonds is 4. The predicted molar refractivity (Wildman–Crippen MR) is 77.4 cm³/mol. The molecule has 0 N–H and O–H groups in total. The van der Waals surface area contributed by atoms with Gasteiger partial charge in [0, 0.05) is 17.4 Å². The Hall–Kier alpha value is -0.800. The van der Waals surface area contributed by atoms with Gasteiger partial charge < -0.3 is 4.74 Å². The number of carbonyl (C=O) groups is 1. The van der Waals surface area contributed by atoms with Gasteiger partial charge in [0.05, 0.1) is 11.4 Å². The fourth-order valence-corrected chi connectivity index (χ4v) is 3.91. The van der Waals surface area contributed by atoms with Gasteiger partial charge in [-0.3, -0.25) is 4.79 Å². The Morgan fingerprint density at radius 1 is 1.32 bits per heavy atom. The maximum absolute atomic E-state index is 12.3. The van der Waals surface area contributed by atoms with Crippen molar-refractivity contribution in [2.24, 2.45) is 5.92 Å². The highest BCUT2D eigenvalue weighted by Crippen LogP contribution is 2.44. The quantitative estimate of drug-likeness (QED) is 0.784. The van der Waals surface area contributed by atoms with Gasteiger partial charge in [0.25, 0.3) is 0 Å². The second-order valence-corrected chi connectivity index (χ2v) is 6.69. The molecule has 102 valence electrons. The molecule has 0 aromatic heterocycles. The van der Waals surface area contributed by atoms with Gasteiger partial charge in [-0.25, -0.2) is 0 Å². The molecule has 1 unspecified atom stereocenters. The number of hydrogen-bond acceptors (Lipinski definition) is 3. The summed E-state index contributed by atoms with van der Waals surface area (Å²) >= 11 is 1.66. The van der Waals surface area contributed by atoms with E-state index in [4.69, 9.17) is 4.74 Å². The standard InChI is InChI=1S/C16H20O2S/c17-15(12-19-14-5-2-1-3-6-14)13-7-10-18-16(11-13)8-4-9-16/h1-3,5-6,13H,4,7-12H2. The minimum Gasteiger partial charge on any atom is -0.375 e. The molecule has 1 aliphatic carbocycles. The Labute approximate surface area is 118 Å². The molecule has 2 nitrogen and oxygen atoms in total. The molecule has 3 rings (SSSR count). The van der Waals surface area contributed by atoms with Gasteiger partial charge in [-0.2, -0.15) is 0 Å². The number of thioether (sulfide) groups is 1. The van der Waals surface area contributed by atoms with Crippen LogP contribution in [0.5, 0.6) is 0 Å². The Balaban J connectivity index is 1.52. The van der Waals surface area contributed by atoms with Crippen LogP contribution in [0, 0.1) is 5.92 Å². The van der Waals surface area contributed by atoms with Crippen molar-refractivity contribution >= 4 is 17.5 Å². The van der Waals surface area contributed by atoms with Gasteiger partial charge in [-0.15, -0.1) is 11.8 Å². The van der Waals surface area contributed by atoms with Crippen molar-refractivity contribution < 1.29 is 9.53 Å². The highest BCUT2D eigenvalue weighted by molar-refractivity contribution is 8.00. The van der Waals surface area contributed by atoms with E-state index in [2.05, 4.69) is 12.1 Å². The molecule has 19 heavy (non-hydrogen) atoms. The highest BCUT2D eigenvalue weighted by atomic mass is 32.2. The van der Waals surface area contributed by atoms with E-state index in [1.165, 1.54) is 11.3 Å². The lowest BCUT2D eigenvalue weighted by molar-refractivity contribution is -0.154. The van der Waals surface area contributed by atoms with Crippen LogP contribution in [-0.4, -0.2) is 23.7 Å². The molecule has 3 heteroatoms. The SMILES string of the molecule is O=C(CSc1ccccc1)C1CCOC2(CCC2)C1. The van der Waals surface area contributed by atoms with Crippen LogP contribution in [0.3, 0.4) is 0 Å². The number of ketones is 1. The monoisotopic (exact) mass is 276 g/mol. The second-order valence-electron chi connectivity index (χ2n) is 5.64. The summed E-state index contributed by atoms with van der Waals surface area (Å²) < 4.78 is 5.89. The maximum Gasteiger partial charge on any atom is 0.146 e. The smallest absolute Gasteiger partial charge is 0.146 e. The Morgan fingerprint density at radius 2 is 2.11 bits per heavy atom. The summed E-state index contributed by atoms with van der Waals surface area (Å²) in [5.41, 5.74) is 0.0794. The molecule has 0 radical (unpaired) electrons. The topological polar surface area (TPSA) is 26.3 Å². The average Bonchev–Trinajstić information content (AvgIpc) is 2.44. The summed E-state index contributed by atoms with van der Waals surface area (Å²) in [5, 5.41) is 0. The first-order chi connectivity index (χ1) is 9.27. The summed E-state index contributed by atoms with van der Waals surface area (Å²) in [5.74, 6) is 1.23. The first kappa shape index (κ1) is 13.2. The summed E-state index contributed by atoms with van der Waals surface area (Å²) in [4.78, 5) is 13.5. The lowest BCUT2D eigenvalue weighted by Crippen LogP contribution is -2.47. The van der Waals surface area contributed by atoms with E-state index in [0.29, 0.717) is 11.5 Å². The summed E-state index contributed by atoms with van der Waals surface area (Å²) in [6, 6.07) is 10.2. The molecule has 1 atom stereocenters. The fraction of sp³-hybridized carbons (Fsp3) is 0.562. The predicted octanol–water partition coefficient (Wildman–Crippen LogP) is 3.70. The van der Waals surface area contributed by atoms with Gasteiger partial charge in [-0.1, -0.05) is 18.2 Å². The van der Waals surface area contributed by atoms with Gasteiger partial charge in [0.1, 0.15) is 5.78 Å². The molecule has 1 spiro atoms. The lowest BCUT2D eigenvalue weighted by Gasteiger charge is -2.46. The molecule has 1 aliphatic heterocycles. The molecule has 1 saturated heterocycles. The fourth-order valence-electron chi connectivity index (χ4n) is 3.01. The van der Waals surface area contributed by atoms with Crippen molar-refractivity contribution in [1.29, 1.82) is 0 Å². The highest BCUT2D eigenvalue weighted by Gasteiger charge is 2.44. The molecule has 1 heterocycles. The van der Waals surface area contributed by atoms with E-state index in [1.807, 2.05) is 18.2 Å². The van der Waals surface area contributed by atoms with E-state index >= 15 is 0 Å². The Kier molecular flexibility index (Phi) is 3.94. The number of hydrogen-bond donors (Lipinski definition) is 0. The Morgan fingerprint density at radius 3 is 2.79 bits per heavy atom. The molecule has 1 saturated carbocycles. The molecular weight excluding hydrogens is 256 g/mol. The van der Waals surface area contributed by atoms with Gasteiger partial charge in [0.15, 0.2) is 0 Å². The third-order valence-electron chi connectivity index (χ3n) is 4.34. The van der Waals surface area contributed by atoms with E-state index in [0.717, 1.165) is 32.3 Å². The van der Waals surface area contributed by atoms with Gasteiger partial charge >= 0.3 is 0 Å². The summed E-state index contributed by atoms with van der Waals surface area (Å²) in [7, 11) is 0. The third kappa shape index (κ3) is 3.03. The zero-order valence-corrected chi connectivity index (χ0v) is 12.0. The van der Waals surface area contributed by atoms with Crippen molar-refractivity contribution in [3.63, 3.8) is 0 Å². The van der Waals surface area contributed by atoms with Crippen LogP contribution in [0.15, 0.2) is 35.2 Å². The van der Waals surface area contributed by atoms with Crippen LogP contribution in [-0.2, 0) is 9.53 Å². The first-order valence-electron chi connectivity index (χ1n) is 7.12. The van der Waals surface area contributed by atoms with E-state index < -0.39 is 0 Å². The largest absolute Gasteiger partial charge is 0.375 e. The minimum atomic E-state index is 0.0794. The van der Waals surface area contributed by atoms with Gasteiger partial charge in [0.2, 0.25) is 0 Å². The van der Waals surface area contributed by atoms with Crippen molar-refractivity contribution in [2.45, 2.75) is 42.6 Å². The number of ether oxygens (including phenoxy) is 1.